The van der Waals surface area contributed by atoms with Crippen LogP contribution in [0.3, 0.4) is 0 Å². The highest BCUT2D eigenvalue weighted by molar-refractivity contribution is 5.44. The lowest BCUT2D eigenvalue weighted by Crippen LogP contribution is -3.00. The molecule has 0 aromatic carbocycles. The summed E-state index contributed by atoms with van der Waals surface area (Å²) in [5, 5.41) is 0. The van der Waals surface area contributed by atoms with E-state index in [1.54, 1.807) is 0 Å². The van der Waals surface area contributed by atoms with Gasteiger partial charge in [0.15, 0.2) is 18.9 Å². The third kappa shape index (κ3) is 3.17. The molecule has 0 aliphatic heterocycles. The molecular weight excluding hydrogens is 261 g/mol. The van der Waals surface area contributed by atoms with Crippen molar-refractivity contribution in [1.29, 1.82) is 0 Å². The highest BCUT2D eigenvalue weighted by Crippen LogP contribution is 1.94. The molecule has 0 N–H and O–H groups in total. The summed E-state index contributed by atoms with van der Waals surface area (Å²) in [4.78, 5) is 0. The van der Waals surface area contributed by atoms with Gasteiger partial charge < -0.3 is 24.0 Å². The first-order valence-electron chi connectivity index (χ1n) is 3.59. The van der Waals surface area contributed by atoms with Gasteiger partial charge in [-0.3, -0.25) is 0 Å². The van der Waals surface area contributed by atoms with Gasteiger partial charge in [0.25, 0.3) is 0 Å². The summed E-state index contributed by atoms with van der Waals surface area (Å²) < 4.78 is 2.06. The summed E-state index contributed by atoms with van der Waals surface area (Å²) in [6, 6.07) is 4.05. The molecule has 1 rings (SSSR count). The van der Waals surface area contributed by atoms with Crippen molar-refractivity contribution in [3.05, 3.63) is 49.3 Å². The van der Waals surface area contributed by atoms with Crippen LogP contribution in [0.15, 0.2) is 43.8 Å². The molecule has 12 heavy (non-hydrogen) atoms. The van der Waals surface area contributed by atoms with Gasteiger partial charge in [-0.15, -0.1) is 0 Å². The maximum Gasteiger partial charge on any atom is 0.169 e. The lowest BCUT2D eigenvalue weighted by molar-refractivity contribution is -0.687. The van der Waals surface area contributed by atoms with Crippen LogP contribution in [0, 0.1) is 0 Å². The summed E-state index contributed by atoms with van der Waals surface area (Å²) in [6.45, 7) is 8.19. The Bertz CT molecular complexity index is 251. The fourth-order valence-corrected chi connectivity index (χ4v) is 0.876. The number of pyridine rings is 1. The van der Waals surface area contributed by atoms with Gasteiger partial charge in [-0.1, -0.05) is 19.2 Å². The summed E-state index contributed by atoms with van der Waals surface area (Å²) in [5.41, 5.74) is 1.14. The minimum atomic E-state index is 0. The molecule has 0 amide bonds. The van der Waals surface area contributed by atoms with E-state index in [0.29, 0.717) is 0 Å². The van der Waals surface area contributed by atoms with Gasteiger partial charge >= 0.3 is 0 Å². The van der Waals surface area contributed by atoms with Crippen molar-refractivity contribution >= 4 is 6.08 Å². The van der Waals surface area contributed by atoms with Crippen LogP contribution in [-0.2, 0) is 6.54 Å². The molecule has 1 aromatic rings. The normalized spacial score (nSPS) is 8.33. The average Bonchev–Trinajstić information content (AvgIpc) is 2.07. The Balaban J connectivity index is 0.00000121. The molecule has 0 fully saturated rings. The number of aromatic nitrogens is 1. The van der Waals surface area contributed by atoms with Crippen molar-refractivity contribution in [2.24, 2.45) is 0 Å². The Morgan fingerprint density at radius 1 is 1.25 bits per heavy atom. The molecule has 0 spiro atoms. The number of nitrogens with zero attached hydrogens (tertiary/aromatic N) is 1. The lowest BCUT2D eigenvalue weighted by Gasteiger charge is -1.91. The van der Waals surface area contributed by atoms with E-state index < -0.39 is 0 Å². The summed E-state index contributed by atoms with van der Waals surface area (Å²) in [6.07, 6.45) is 7.73. The summed E-state index contributed by atoms with van der Waals surface area (Å²) in [5.74, 6) is 0. The molecule has 0 aliphatic rings. The van der Waals surface area contributed by atoms with Crippen LogP contribution >= 0.6 is 0 Å². The number of rotatable bonds is 3. The fraction of sp³-hybridized carbons (Fsp3) is 0.100. The first-order chi connectivity index (χ1) is 5.36. The Hall–Kier alpha value is -0.640. The van der Waals surface area contributed by atoms with Crippen LogP contribution in [0.5, 0.6) is 0 Å². The fourth-order valence-electron chi connectivity index (χ4n) is 0.876. The van der Waals surface area contributed by atoms with E-state index in [9.17, 15) is 0 Å². The predicted octanol–water partition coefficient (Wildman–Crippen LogP) is -1.19. The molecule has 0 bridgehead atoms. The highest BCUT2D eigenvalue weighted by Gasteiger charge is 1.93. The van der Waals surface area contributed by atoms with Gasteiger partial charge in [-0.2, -0.15) is 0 Å². The molecule has 1 aromatic heterocycles. The largest absolute Gasteiger partial charge is 1.00 e. The van der Waals surface area contributed by atoms with Crippen molar-refractivity contribution < 1.29 is 28.5 Å². The monoisotopic (exact) mass is 273 g/mol. The first kappa shape index (κ1) is 11.4. The highest BCUT2D eigenvalue weighted by atomic mass is 127. The van der Waals surface area contributed by atoms with Crippen LogP contribution in [0.1, 0.15) is 5.56 Å². The number of hydrogen-bond acceptors (Lipinski definition) is 0. The van der Waals surface area contributed by atoms with Crippen LogP contribution in [-0.4, -0.2) is 0 Å². The third-order valence-corrected chi connectivity index (χ3v) is 1.49. The van der Waals surface area contributed by atoms with Crippen LogP contribution in [0.4, 0.5) is 0 Å². The Morgan fingerprint density at radius 3 is 2.25 bits per heavy atom. The van der Waals surface area contributed by atoms with Crippen molar-refractivity contribution in [2.45, 2.75) is 6.54 Å². The molecular formula is C10H12IN. The minimum Gasteiger partial charge on any atom is -1.00 e. The van der Waals surface area contributed by atoms with E-state index in [-0.39, 0.29) is 24.0 Å². The van der Waals surface area contributed by atoms with Gasteiger partial charge in [-0.25, -0.2) is 4.57 Å². The molecule has 1 heterocycles. The van der Waals surface area contributed by atoms with Gasteiger partial charge in [0, 0.05) is 12.1 Å². The van der Waals surface area contributed by atoms with Gasteiger partial charge in [0.05, 0.1) is 0 Å². The molecule has 2 heteroatoms. The average molecular weight is 273 g/mol. The third-order valence-electron chi connectivity index (χ3n) is 1.49. The molecule has 0 radical (unpaired) electrons. The van der Waals surface area contributed by atoms with Gasteiger partial charge in [0.1, 0.15) is 0 Å². The standard InChI is InChI=1S/C10H12N.HI/c1-3-7-11-8-5-10(4-2)6-9-11;/h3-6,8-9H,1-2,7H2;1H/q+1;/p-1. The molecule has 1 nitrogen and oxygen atoms in total. The Kier molecular flexibility index (Phi) is 5.62. The second kappa shape index (κ2) is 5.94. The number of allylic oxidation sites excluding steroid dienone is 1. The van der Waals surface area contributed by atoms with Crippen LogP contribution in [0.2, 0.25) is 0 Å². The molecule has 0 saturated heterocycles. The molecule has 0 atom stereocenters. The van der Waals surface area contributed by atoms with Crippen molar-refractivity contribution in [1.82, 2.24) is 0 Å². The number of hydrogen-bond donors (Lipinski definition) is 0. The second-order valence-electron chi connectivity index (χ2n) is 2.32. The van der Waals surface area contributed by atoms with E-state index in [4.69, 9.17) is 0 Å². The smallest absolute Gasteiger partial charge is 0.169 e. The van der Waals surface area contributed by atoms with Gasteiger partial charge in [-0.05, 0) is 11.6 Å². The maximum atomic E-state index is 3.68. The zero-order chi connectivity index (χ0) is 8.10. The molecule has 0 unspecified atom stereocenters. The topological polar surface area (TPSA) is 3.88 Å². The van der Waals surface area contributed by atoms with Crippen molar-refractivity contribution in [2.75, 3.05) is 0 Å². The van der Waals surface area contributed by atoms with Crippen molar-refractivity contribution in [3.8, 4) is 0 Å². The summed E-state index contributed by atoms with van der Waals surface area (Å²) >= 11 is 0. The summed E-state index contributed by atoms with van der Waals surface area (Å²) in [7, 11) is 0. The van der Waals surface area contributed by atoms with Gasteiger partial charge in [0.2, 0.25) is 0 Å². The van der Waals surface area contributed by atoms with E-state index in [2.05, 4.69) is 17.7 Å². The quantitative estimate of drug-likeness (QED) is 0.370. The van der Waals surface area contributed by atoms with Crippen molar-refractivity contribution in [3.63, 3.8) is 0 Å². The number of halogens is 1. The van der Waals surface area contributed by atoms with E-state index in [0.717, 1.165) is 12.1 Å². The SMILES string of the molecule is C=CC[n+]1ccc(C=C)cc1.[I-]. The zero-order valence-corrected chi connectivity index (χ0v) is 9.07. The second-order valence-corrected chi connectivity index (χ2v) is 2.32. The predicted molar refractivity (Wildman–Crippen MR) is 46.9 cm³/mol. The maximum absolute atomic E-state index is 3.68. The molecule has 0 aliphatic carbocycles. The van der Waals surface area contributed by atoms with E-state index in [1.165, 1.54) is 0 Å². The van der Waals surface area contributed by atoms with Crippen LogP contribution in [0.25, 0.3) is 6.08 Å². The Labute approximate surface area is 90.5 Å². The lowest BCUT2D eigenvalue weighted by atomic mass is 10.3. The molecule has 0 saturated carbocycles. The Morgan fingerprint density at radius 2 is 1.83 bits per heavy atom. The minimum absolute atomic E-state index is 0. The first-order valence-corrected chi connectivity index (χ1v) is 3.59. The van der Waals surface area contributed by atoms with Crippen LogP contribution < -0.4 is 28.5 Å². The zero-order valence-electron chi connectivity index (χ0n) is 6.91. The van der Waals surface area contributed by atoms with E-state index in [1.807, 2.05) is 36.7 Å². The van der Waals surface area contributed by atoms with E-state index >= 15 is 0 Å². The molecule has 64 valence electrons.